The van der Waals surface area contributed by atoms with E-state index in [2.05, 4.69) is 46.3 Å². The van der Waals surface area contributed by atoms with Gasteiger partial charge in [0, 0.05) is 46.8 Å². The monoisotopic (exact) mass is 428 g/mol. The highest BCUT2D eigenvalue weighted by molar-refractivity contribution is 6.30. The number of hydrogen-bond donors (Lipinski definition) is 0. The van der Waals surface area contributed by atoms with Crippen LogP contribution in [0.2, 0.25) is 5.02 Å². The average Bonchev–Trinajstić information content (AvgIpc) is 3.31. The molecule has 31 heavy (non-hydrogen) atoms. The van der Waals surface area contributed by atoms with Gasteiger partial charge in [-0.05, 0) is 78.9 Å². The normalized spacial score (nSPS) is 24.7. The number of pyridine rings is 1. The van der Waals surface area contributed by atoms with Gasteiger partial charge in [-0.2, -0.15) is 0 Å². The number of rotatable bonds is 4. The Morgan fingerprint density at radius 3 is 2.65 bits per heavy atom. The number of nitrogens with zero attached hydrogens (tertiary/aromatic N) is 2. The average molecular weight is 429 g/mol. The van der Waals surface area contributed by atoms with E-state index in [1.807, 2.05) is 18.2 Å². The first-order valence-electron chi connectivity index (χ1n) is 11.2. The van der Waals surface area contributed by atoms with Gasteiger partial charge in [0.25, 0.3) is 0 Å². The van der Waals surface area contributed by atoms with Crippen LogP contribution in [0.4, 0.5) is 0 Å². The lowest BCUT2D eigenvalue weighted by molar-refractivity contribution is 0.0825. The standard InChI is InChI=1S/C27H25ClN2O/c28-20-7-8-22-23-15-27(25(22)14-20,24-6-2-1-5-21(23)24)17-30-12-9-18(10-13-30)26(31)19-4-3-11-29-16-19/h1-8,11,14,16,18,23H,9-10,12-13,15,17H2. The molecule has 3 aliphatic rings. The first-order chi connectivity index (χ1) is 15.2. The Bertz CT molecular complexity index is 1150. The smallest absolute Gasteiger partial charge is 0.167 e. The number of ketones is 1. The van der Waals surface area contributed by atoms with Crippen LogP contribution in [0.1, 0.15) is 57.8 Å². The van der Waals surface area contributed by atoms with Gasteiger partial charge < -0.3 is 4.90 Å². The molecule has 0 radical (unpaired) electrons. The molecule has 1 aromatic heterocycles. The Balaban J connectivity index is 1.25. The molecule has 1 aliphatic heterocycles. The summed E-state index contributed by atoms with van der Waals surface area (Å²) in [5.74, 6) is 0.829. The van der Waals surface area contributed by atoms with Gasteiger partial charge in [-0.3, -0.25) is 9.78 Å². The maximum atomic E-state index is 12.9. The zero-order valence-electron chi connectivity index (χ0n) is 17.4. The third kappa shape index (κ3) is 2.98. The number of carbonyl (C=O) groups excluding carboxylic acids is 1. The van der Waals surface area contributed by atoms with E-state index in [1.165, 1.54) is 22.3 Å². The fourth-order valence-electron chi connectivity index (χ4n) is 6.30. The van der Waals surface area contributed by atoms with Crippen LogP contribution in [0.5, 0.6) is 0 Å². The maximum absolute atomic E-state index is 12.9. The minimum Gasteiger partial charge on any atom is -0.302 e. The van der Waals surface area contributed by atoms with Gasteiger partial charge >= 0.3 is 0 Å². The van der Waals surface area contributed by atoms with E-state index in [9.17, 15) is 4.79 Å². The minimum absolute atomic E-state index is 0.0156. The van der Waals surface area contributed by atoms with Crippen molar-refractivity contribution >= 4 is 17.4 Å². The third-order valence-corrected chi connectivity index (χ3v) is 7.94. The van der Waals surface area contributed by atoms with E-state index in [4.69, 9.17) is 11.6 Å². The summed E-state index contributed by atoms with van der Waals surface area (Å²) < 4.78 is 0. The van der Waals surface area contributed by atoms with Gasteiger partial charge in [0.2, 0.25) is 0 Å². The quantitative estimate of drug-likeness (QED) is 0.517. The van der Waals surface area contributed by atoms with Crippen molar-refractivity contribution in [1.82, 2.24) is 9.88 Å². The van der Waals surface area contributed by atoms with Crippen LogP contribution in [-0.2, 0) is 5.41 Å². The van der Waals surface area contributed by atoms with Gasteiger partial charge in [-0.1, -0.05) is 41.9 Å². The van der Waals surface area contributed by atoms with Crippen LogP contribution in [0.15, 0.2) is 67.0 Å². The molecule has 0 amide bonds. The first-order valence-corrected chi connectivity index (χ1v) is 11.6. The van der Waals surface area contributed by atoms with E-state index in [0.29, 0.717) is 5.92 Å². The number of piperidine rings is 1. The van der Waals surface area contributed by atoms with E-state index in [1.54, 1.807) is 12.4 Å². The number of carbonyl (C=O) groups is 1. The number of likely N-dealkylation sites (tertiary alicyclic amines) is 1. The molecule has 0 saturated carbocycles. The third-order valence-electron chi connectivity index (χ3n) is 7.71. The summed E-state index contributed by atoms with van der Waals surface area (Å²) in [6.07, 6.45) is 6.38. The van der Waals surface area contributed by atoms with E-state index >= 15 is 0 Å². The molecule has 0 spiro atoms. The lowest BCUT2D eigenvalue weighted by atomic mass is 9.74. The van der Waals surface area contributed by atoms with Crippen molar-refractivity contribution in [3.05, 3.63) is 99.8 Å². The summed E-state index contributed by atoms with van der Waals surface area (Å²) in [7, 11) is 0. The molecule has 2 aromatic carbocycles. The van der Waals surface area contributed by atoms with Crippen molar-refractivity contribution in [2.45, 2.75) is 30.6 Å². The number of Topliss-reactive ketones (excluding diaryl/α,β-unsaturated/α-hetero) is 1. The van der Waals surface area contributed by atoms with Crippen molar-refractivity contribution in [3.63, 3.8) is 0 Å². The van der Waals surface area contributed by atoms with Gasteiger partial charge in [0.15, 0.2) is 5.78 Å². The SMILES string of the molecule is O=C(c1cccnc1)C1CCN(CC23CC(c4ccccc42)c2ccc(Cl)cc23)CC1. The van der Waals surface area contributed by atoms with Crippen LogP contribution in [0, 0.1) is 5.92 Å². The number of benzene rings is 2. The van der Waals surface area contributed by atoms with E-state index in [-0.39, 0.29) is 17.1 Å². The first kappa shape index (κ1) is 19.2. The predicted octanol–water partition coefficient (Wildman–Crippen LogP) is 5.47. The van der Waals surface area contributed by atoms with Crippen molar-refractivity contribution < 1.29 is 4.79 Å². The molecule has 4 heteroatoms. The van der Waals surface area contributed by atoms with E-state index in [0.717, 1.165) is 49.5 Å². The Morgan fingerprint density at radius 2 is 1.84 bits per heavy atom. The highest BCUT2D eigenvalue weighted by Gasteiger charge is 2.53. The molecular formula is C27H25ClN2O. The van der Waals surface area contributed by atoms with Crippen LogP contribution in [0.3, 0.4) is 0 Å². The molecule has 2 heterocycles. The Labute approximate surface area is 188 Å². The second kappa shape index (κ2) is 7.29. The summed E-state index contributed by atoms with van der Waals surface area (Å²) in [5, 5.41) is 0.823. The summed E-state index contributed by atoms with van der Waals surface area (Å²) in [6.45, 7) is 2.92. The van der Waals surface area contributed by atoms with Crippen molar-refractivity contribution in [1.29, 1.82) is 0 Å². The second-order valence-electron chi connectivity index (χ2n) is 9.31. The van der Waals surface area contributed by atoms with Crippen LogP contribution in [-0.4, -0.2) is 35.3 Å². The molecule has 2 unspecified atom stereocenters. The summed E-state index contributed by atoms with van der Waals surface area (Å²) in [5.41, 5.74) is 6.58. The number of aromatic nitrogens is 1. The fraction of sp³-hybridized carbons (Fsp3) is 0.333. The molecule has 1 fully saturated rings. The minimum atomic E-state index is 0.0156. The molecule has 0 N–H and O–H groups in total. The Morgan fingerprint density at radius 1 is 1.03 bits per heavy atom. The molecule has 156 valence electrons. The van der Waals surface area contributed by atoms with E-state index < -0.39 is 0 Å². The number of hydrogen-bond acceptors (Lipinski definition) is 3. The lowest BCUT2D eigenvalue weighted by Gasteiger charge is -2.39. The highest BCUT2D eigenvalue weighted by atomic mass is 35.5. The number of halogens is 1. The maximum Gasteiger partial charge on any atom is 0.167 e. The Hall–Kier alpha value is -2.49. The summed E-state index contributed by atoms with van der Waals surface area (Å²) in [4.78, 5) is 19.6. The van der Waals surface area contributed by atoms with Crippen LogP contribution < -0.4 is 0 Å². The molecule has 3 nitrogen and oxygen atoms in total. The molecule has 6 rings (SSSR count). The van der Waals surface area contributed by atoms with Gasteiger partial charge in [0.05, 0.1) is 0 Å². The van der Waals surface area contributed by atoms with Crippen LogP contribution >= 0.6 is 11.6 Å². The van der Waals surface area contributed by atoms with Crippen LogP contribution in [0.25, 0.3) is 0 Å². The Kier molecular flexibility index (Phi) is 4.52. The largest absolute Gasteiger partial charge is 0.302 e. The van der Waals surface area contributed by atoms with Crippen molar-refractivity contribution in [3.8, 4) is 0 Å². The second-order valence-corrected chi connectivity index (χ2v) is 9.75. The van der Waals surface area contributed by atoms with Gasteiger partial charge in [0.1, 0.15) is 0 Å². The van der Waals surface area contributed by atoms with Gasteiger partial charge in [-0.15, -0.1) is 0 Å². The highest BCUT2D eigenvalue weighted by Crippen LogP contribution is 2.60. The van der Waals surface area contributed by atoms with Gasteiger partial charge in [-0.25, -0.2) is 0 Å². The molecule has 2 aliphatic carbocycles. The van der Waals surface area contributed by atoms with Crippen molar-refractivity contribution in [2.75, 3.05) is 19.6 Å². The zero-order valence-corrected chi connectivity index (χ0v) is 18.2. The molecule has 1 saturated heterocycles. The van der Waals surface area contributed by atoms with Crippen molar-refractivity contribution in [2.24, 2.45) is 5.92 Å². The lowest BCUT2D eigenvalue weighted by Crippen LogP contribution is -2.44. The summed E-state index contributed by atoms with van der Waals surface area (Å²) in [6, 6.07) is 19.2. The summed E-state index contributed by atoms with van der Waals surface area (Å²) >= 11 is 6.45. The zero-order chi connectivity index (χ0) is 21.0. The molecule has 2 atom stereocenters. The topological polar surface area (TPSA) is 33.2 Å². The fourth-order valence-corrected chi connectivity index (χ4v) is 6.47. The predicted molar refractivity (Wildman–Crippen MR) is 123 cm³/mol. The number of fused-ring (bicyclic) bond motifs is 8. The molecular weight excluding hydrogens is 404 g/mol. The molecule has 2 bridgehead atoms. The molecule has 3 aromatic rings.